The average Bonchev–Trinajstić information content (AvgIpc) is 2.84. The van der Waals surface area contributed by atoms with Gasteiger partial charge in [0.2, 0.25) is 5.91 Å². The first kappa shape index (κ1) is 14.3. The standard InChI is InChI=1S/C14H19ClN2O2/c15-12-6-9(14(16)19)4-5-10(12)7-17-13-3-1-2-11(13)8-18/h4-6,11,13,17-18H,1-3,7-8H2,(H2,16,19). The van der Waals surface area contributed by atoms with Gasteiger partial charge < -0.3 is 16.2 Å². The summed E-state index contributed by atoms with van der Waals surface area (Å²) in [5.74, 6) is -0.138. The summed E-state index contributed by atoms with van der Waals surface area (Å²) in [6.07, 6.45) is 3.31. The summed E-state index contributed by atoms with van der Waals surface area (Å²) >= 11 is 6.13. The van der Waals surface area contributed by atoms with Gasteiger partial charge in [-0.25, -0.2) is 0 Å². The molecule has 4 N–H and O–H groups in total. The Labute approximate surface area is 117 Å². The second-order valence-electron chi connectivity index (χ2n) is 5.03. The van der Waals surface area contributed by atoms with Crippen LogP contribution in [0.1, 0.15) is 35.2 Å². The number of aliphatic hydroxyl groups excluding tert-OH is 1. The molecule has 0 spiro atoms. The van der Waals surface area contributed by atoms with E-state index >= 15 is 0 Å². The summed E-state index contributed by atoms with van der Waals surface area (Å²) in [5, 5.41) is 13.2. The molecule has 1 fully saturated rings. The second kappa shape index (κ2) is 6.37. The van der Waals surface area contributed by atoms with Crippen LogP contribution in [-0.4, -0.2) is 23.7 Å². The predicted octanol–water partition coefficient (Wildman–Crippen LogP) is 1.69. The zero-order valence-corrected chi connectivity index (χ0v) is 11.5. The lowest BCUT2D eigenvalue weighted by atomic mass is 10.0. The lowest BCUT2D eigenvalue weighted by molar-refractivity contribution is 0.100. The molecule has 0 aromatic heterocycles. The number of halogens is 1. The number of aliphatic hydroxyl groups is 1. The topological polar surface area (TPSA) is 75.4 Å². The average molecular weight is 283 g/mol. The van der Waals surface area contributed by atoms with Gasteiger partial charge in [-0.05, 0) is 36.5 Å². The number of amides is 1. The summed E-state index contributed by atoms with van der Waals surface area (Å²) in [6.45, 7) is 0.866. The molecule has 0 radical (unpaired) electrons. The van der Waals surface area contributed by atoms with Crippen molar-refractivity contribution in [1.82, 2.24) is 5.32 Å². The molecule has 104 valence electrons. The van der Waals surface area contributed by atoms with Crippen LogP contribution in [0.5, 0.6) is 0 Å². The van der Waals surface area contributed by atoms with E-state index in [9.17, 15) is 9.90 Å². The zero-order valence-electron chi connectivity index (χ0n) is 10.7. The lowest BCUT2D eigenvalue weighted by Gasteiger charge is -2.19. The monoisotopic (exact) mass is 282 g/mol. The maximum absolute atomic E-state index is 11.0. The highest BCUT2D eigenvalue weighted by Gasteiger charge is 2.25. The third-order valence-electron chi connectivity index (χ3n) is 3.79. The number of hydrogen-bond acceptors (Lipinski definition) is 3. The van der Waals surface area contributed by atoms with Gasteiger partial charge in [0.05, 0.1) is 0 Å². The molecule has 0 aliphatic heterocycles. The molecule has 0 saturated heterocycles. The largest absolute Gasteiger partial charge is 0.396 e. The smallest absolute Gasteiger partial charge is 0.248 e. The first-order valence-corrected chi connectivity index (χ1v) is 6.92. The highest BCUT2D eigenvalue weighted by atomic mass is 35.5. The van der Waals surface area contributed by atoms with Crippen LogP contribution in [0.3, 0.4) is 0 Å². The number of benzene rings is 1. The molecule has 1 amide bonds. The van der Waals surface area contributed by atoms with Crippen LogP contribution in [0, 0.1) is 5.92 Å². The van der Waals surface area contributed by atoms with Gasteiger partial charge in [-0.15, -0.1) is 0 Å². The molecule has 0 heterocycles. The van der Waals surface area contributed by atoms with Crippen LogP contribution in [0.4, 0.5) is 0 Å². The Morgan fingerprint density at radius 3 is 2.89 bits per heavy atom. The minimum Gasteiger partial charge on any atom is -0.396 e. The fourth-order valence-corrected chi connectivity index (χ4v) is 2.86. The SMILES string of the molecule is NC(=O)c1ccc(CNC2CCCC2CO)c(Cl)c1. The van der Waals surface area contributed by atoms with Crippen molar-refractivity contribution in [3.63, 3.8) is 0 Å². The fourth-order valence-electron chi connectivity index (χ4n) is 2.61. The van der Waals surface area contributed by atoms with Gasteiger partial charge in [-0.3, -0.25) is 4.79 Å². The number of rotatable bonds is 5. The molecule has 1 aromatic rings. The fraction of sp³-hybridized carbons (Fsp3) is 0.500. The molecule has 2 unspecified atom stereocenters. The quantitative estimate of drug-likeness (QED) is 0.769. The molecular weight excluding hydrogens is 264 g/mol. The van der Waals surface area contributed by atoms with E-state index in [2.05, 4.69) is 5.32 Å². The maximum Gasteiger partial charge on any atom is 0.248 e. The van der Waals surface area contributed by atoms with Crippen LogP contribution in [0.2, 0.25) is 5.02 Å². The summed E-state index contributed by atoms with van der Waals surface area (Å²) in [6, 6.07) is 5.44. The molecule has 1 aliphatic rings. The van der Waals surface area contributed by atoms with Gasteiger partial charge in [0, 0.05) is 29.8 Å². The molecular formula is C14H19ClN2O2. The minimum absolute atomic E-state index is 0.228. The van der Waals surface area contributed by atoms with Crippen molar-refractivity contribution < 1.29 is 9.90 Å². The zero-order chi connectivity index (χ0) is 13.8. The van der Waals surface area contributed by atoms with E-state index in [1.165, 1.54) is 0 Å². The van der Waals surface area contributed by atoms with Gasteiger partial charge in [0.1, 0.15) is 0 Å². The summed E-state index contributed by atoms with van der Waals surface area (Å²) in [7, 11) is 0. The molecule has 2 rings (SSSR count). The molecule has 4 nitrogen and oxygen atoms in total. The Morgan fingerprint density at radius 2 is 2.26 bits per heavy atom. The molecule has 2 atom stereocenters. The van der Waals surface area contributed by atoms with E-state index in [4.69, 9.17) is 17.3 Å². The Morgan fingerprint density at radius 1 is 1.47 bits per heavy atom. The van der Waals surface area contributed by atoms with Crippen LogP contribution >= 0.6 is 11.6 Å². The van der Waals surface area contributed by atoms with Gasteiger partial charge >= 0.3 is 0 Å². The van der Waals surface area contributed by atoms with Crippen molar-refractivity contribution in [3.8, 4) is 0 Å². The number of nitrogens with two attached hydrogens (primary N) is 1. The van der Waals surface area contributed by atoms with Gasteiger partial charge in [0.25, 0.3) is 0 Å². The number of hydrogen-bond donors (Lipinski definition) is 3. The molecule has 1 aliphatic carbocycles. The van der Waals surface area contributed by atoms with E-state index < -0.39 is 5.91 Å². The Balaban J connectivity index is 1.98. The summed E-state index contributed by atoms with van der Waals surface area (Å²) in [4.78, 5) is 11.0. The highest BCUT2D eigenvalue weighted by Crippen LogP contribution is 2.26. The number of primary amides is 1. The lowest BCUT2D eigenvalue weighted by Crippen LogP contribution is -2.33. The van der Waals surface area contributed by atoms with E-state index in [0.717, 1.165) is 24.8 Å². The van der Waals surface area contributed by atoms with Crippen molar-refractivity contribution in [2.45, 2.75) is 31.8 Å². The van der Waals surface area contributed by atoms with E-state index in [1.54, 1.807) is 12.1 Å². The van der Waals surface area contributed by atoms with Crippen molar-refractivity contribution in [2.24, 2.45) is 11.7 Å². The third-order valence-corrected chi connectivity index (χ3v) is 4.14. The number of carbonyl (C=O) groups excluding carboxylic acids is 1. The molecule has 1 saturated carbocycles. The van der Waals surface area contributed by atoms with Crippen LogP contribution in [0.15, 0.2) is 18.2 Å². The van der Waals surface area contributed by atoms with Gasteiger partial charge in [-0.2, -0.15) is 0 Å². The number of carbonyl (C=O) groups is 1. The van der Waals surface area contributed by atoms with Crippen LogP contribution in [-0.2, 0) is 6.54 Å². The Hall–Kier alpha value is -1.10. The van der Waals surface area contributed by atoms with Gasteiger partial charge in [0.15, 0.2) is 0 Å². The summed E-state index contributed by atoms with van der Waals surface area (Å²) in [5.41, 5.74) is 6.56. The normalized spacial score (nSPS) is 22.6. The summed E-state index contributed by atoms with van der Waals surface area (Å²) < 4.78 is 0. The van der Waals surface area contributed by atoms with Crippen molar-refractivity contribution in [1.29, 1.82) is 0 Å². The van der Waals surface area contributed by atoms with E-state index in [1.807, 2.05) is 6.07 Å². The first-order chi connectivity index (χ1) is 9.11. The van der Waals surface area contributed by atoms with E-state index in [0.29, 0.717) is 29.1 Å². The Kier molecular flexibility index (Phi) is 4.80. The first-order valence-electron chi connectivity index (χ1n) is 6.54. The van der Waals surface area contributed by atoms with Crippen molar-refractivity contribution in [3.05, 3.63) is 34.3 Å². The molecule has 5 heteroatoms. The predicted molar refractivity (Wildman–Crippen MR) is 75.0 cm³/mol. The van der Waals surface area contributed by atoms with Gasteiger partial charge in [-0.1, -0.05) is 24.1 Å². The number of nitrogens with one attached hydrogen (secondary N) is 1. The van der Waals surface area contributed by atoms with Crippen LogP contribution in [0.25, 0.3) is 0 Å². The van der Waals surface area contributed by atoms with Crippen molar-refractivity contribution in [2.75, 3.05) is 6.61 Å². The van der Waals surface area contributed by atoms with E-state index in [-0.39, 0.29) is 6.61 Å². The molecule has 0 bridgehead atoms. The minimum atomic E-state index is -0.474. The third kappa shape index (κ3) is 3.47. The second-order valence-corrected chi connectivity index (χ2v) is 5.44. The van der Waals surface area contributed by atoms with Crippen molar-refractivity contribution >= 4 is 17.5 Å². The maximum atomic E-state index is 11.0. The molecule has 1 aromatic carbocycles. The van der Waals surface area contributed by atoms with Crippen LogP contribution < -0.4 is 11.1 Å². The highest BCUT2D eigenvalue weighted by molar-refractivity contribution is 6.31. The Bertz CT molecular complexity index is 465. The molecule has 19 heavy (non-hydrogen) atoms.